The van der Waals surface area contributed by atoms with Gasteiger partial charge in [0.25, 0.3) is 0 Å². The number of esters is 1. The normalized spacial score (nSPS) is 12.5. The molecule has 4 nitrogen and oxygen atoms in total. The maximum absolute atomic E-state index is 11.0. The molecule has 72 valence electrons. The van der Waals surface area contributed by atoms with Crippen molar-refractivity contribution in [1.82, 2.24) is 4.98 Å². The van der Waals surface area contributed by atoms with Gasteiger partial charge in [-0.25, -0.2) is 4.98 Å². The average molecular weight is 200 g/mol. The summed E-state index contributed by atoms with van der Waals surface area (Å²) in [5.74, 6) is -0.383. The average Bonchev–Trinajstić information content (AvgIpc) is 2.49. The number of hydrogen-bond donors (Lipinski definition) is 1. The fraction of sp³-hybridized carbons (Fsp3) is 0.500. The van der Waals surface area contributed by atoms with E-state index in [1.54, 1.807) is 17.5 Å². The highest BCUT2D eigenvalue weighted by Crippen LogP contribution is 2.13. The van der Waals surface area contributed by atoms with Crippen LogP contribution in [0.15, 0.2) is 6.20 Å². The quantitative estimate of drug-likeness (QED) is 0.721. The molecule has 0 saturated heterocycles. The van der Waals surface area contributed by atoms with Crippen LogP contribution in [0.3, 0.4) is 0 Å². The van der Waals surface area contributed by atoms with E-state index in [-0.39, 0.29) is 5.97 Å². The third-order valence-corrected chi connectivity index (χ3v) is 2.53. The molecule has 1 heterocycles. The Morgan fingerprint density at radius 2 is 2.54 bits per heavy atom. The number of thiazole rings is 1. The van der Waals surface area contributed by atoms with Crippen LogP contribution in [-0.4, -0.2) is 24.1 Å². The van der Waals surface area contributed by atoms with Crippen molar-refractivity contribution in [3.63, 3.8) is 0 Å². The van der Waals surface area contributed by atoms with Gasteiger partial charge in [-0.3, -0.25) is 4.79 Å². The zero-order chi connectivity index (χ0) is 9.84. The first-order valence-electron chi connectivity index (χ1n) is 3.88. The van der Waals surface area contributed by atoms with Crippen LogP contribution < -0.4 is 5.73 Å². The number of carbonyl (C=O) groups is 1. The number of aromatic nitrogens is 1. The van der Waals surface area contributed by atoms with Crippen molar-refractivity contribution in [3.05, 3.63) is 16.1 Å². The molecule has 1 aromatic heterocycles. The number of ether oxygens (including phenoxy) is 1. The molecule has 0 aliphatic carbocycles. The highest BCUT2D eigenvalue weighted by Gasteiger charge is 2.15. The molecule has 0 saturated carbocycles. The van der Waals surface area contributed by atoms with E-state index < -0.39 is 6.04 Å². The van der Waals surface area contributed by atoms with Gasteiger partial charge in [0.1, 0.15) is 6.04 Å². The van der Waals surface area contributed by atoms with Crippen molar-refractivity contribution in [3.8, 4) is 0 Å². The summed E-state index contributed by atoms with van der Waals surface area (Å²) < 4.78 is 4.51. The zero-order valence-corrected chi connectivity index (χ0v) is 8.43. The molecular formula is C8H12N2O2S. The molecule has 1 atom stereocenters. The molecule has 0 spiro atoms. The van der Waals surface area contributed by atoms with Gasteiger partial charge in [-0.1, -0.05) is 0 Å². The molecule has 5 heteroatoms. The standard InChI is InChI=1S/C8H12N2O2S/c1-5-10-4-6(13-5)3-7(9)8(11)12-2/h4,7H,3,9H2,1-2H3. The largest absolute Gasteiger partial charge is 0.468 e. The van der Waals surface area contributed by atoms with Crippen molar-refractivity contribution >= 4 is 17.3 Å². The Labute approximate surface area is 80.7 Å². The Bertz CT molecular complexity index is 298. The lowest BCUT2D eigenvalue weighted by Crippen LogP contribution is -2.33. The van der Waals surface area contributed by atoms with E-state index in [4.69, 9.17) is 5.73 Å². The van der Waals surface area contributed by atoms with Crippen LogP contribution in [0, 0.1) is 6.92 Å². The van der Waals surface area contributed by atoms with E-state index in [1.165, 1.54) is 7.11 Å². The van der Waals surface area contributed by atoms with Crippen LogP contribution in [0.25, 0.3) is 0 Å². The molecule has 1 rings (SSSR count). The van der Waals surface area contributed by atoms with Crippen LogP contribution in [0.5, 0.6) is 0 Å². The van der Waals surface area contributed by atoms with Gasteiger partial charge in [-0.15, -0.1) is 11.3 Å². The number of nitrogens with two attached hydrogens (primary N) is 1. The van der Waals surface area contributed by atoms with E-state index in [0.717, 1.165) is 9.88 Å². The first-order chi connectivity index (χ1) is 6.13. The van der Waals surface area contributed by atoms with Crippen LogP contribution in [-0.2, 0) is 16.0 Å². The Balaban J connectivity index is 2.54. The van der Waals surface area contributed by atoms with Gasteiger partial charge < -0.3 is 10.5 Å². The molecule has 0 radical (unpaired) electrons. The zero-order valence-electron chi connectivity index (χ0n) is 7.61. The summed E-state index contributed by atoms with van der Waals surface area (Å²) in [7, 11) is 1.33. The van der Waals surface area contributed by atoms with E-state index in [2.05, 4.69) is 9.72 Å². The van der Waals surface area contributed by atoms with Crippen molar-refractivity contribution in [2.45, 2.75) is 19.4 Å². The Kier molecular flexibility index (Phi) is 3.39. The van der Waals surface area contributed by atoms with Gasteiger partial charge in [0.05, 0.1) is 12.1 Å². The Morgan fingerprint density at radius 1 is 1.85 bits per heavy atom. The summed E-state index contributed by atoms with van der Waals surface area (Å²) in [5.41, 5.74) is 5.57. The van der Waals surface area contributed by atoms with E-state index in [0.29, 0.717) is 6.42 Å². The lowest BCUT2D eigenvalue weighted by molar-refractivity contribution is -0.142. The van der Waals surface area contributed by atoms with Gasteiger partial charge in [-0.2, -0.15) is 0 Å². The summed E-state index contributed by atoms with van der Waals surface area (Å²) in [5, 5.41) is 0.979. The Morgan fingerprint density at radius 3 is 3.00 bits per heavy atom. The maximum Gasteiger partial charge on any atom is 0.323 e. The monoisotopic (exact) mass is 200 g/mol. The maximum atomic E-state index is 11.0. The Hall–Kier alpha value is -0.940. The number of nitrogens with zero attached hydrogens (tertiary/aromatic N) is 1. The first-order valence-corrected chi connectivity index (χ1v) is 4.70. The highest BCUT2D eigenvalue weighted by molar-refractivity contribution is 7.11. The molecule has 0 aliphatic heterocycles. The summed E-state index contributed by atoms with van der Waals surface area (Å²) in [6.07, 6.45) is 2.24. The second kappa shape index (κ2) is 4.34. The van der Waals surface area contributed by atoms with Gasteiger partial charge in [-0.05, 0) is 6.92 Å². The highest BCUT2D eigenvalue weighted by atomic mass is 32.1. The second-order valence-corrected chi connectivity index (χ2v) is 4.00. The van der Waals surface area contributed by atoms with Crippen LogP contribution in [0.2, 0.25) is 0 Å². The number of hydrogen-bond acceptors (Lipinski definition) is 5. The summed E-state index contributed by atoms with van der Waals surface area (Å²) in [4.78, 5) is 16.0. The van der Waals surface area contributed by atoms with Crippen molar-refractivity contribution in [2.24, 2.45) is 5.73 Å². The van der Waals surface area contributed by atoms with E-state index >= 15 is 0 Å². The van der Waals surface area contributed by atoms with E-state index in [1.807, 2.05) is 6.92 Å². The smallest absolute Gasteiger partial charge is 0.323 e. The lowest BCUT2D eigenvalue weighted by atomic mass is 10.2. The number of rotatable bonds is 3. The summed E-state index contributed by atoms with van der Waals surface area (Å²) in [6.45, 7) is 1.91. The first kappa shape index (κ1) is 10.1. The minimum atomic E-state index is -0.579. The predicted molar refractivity (Wildman–Crippen MR) is 50.5 cm³/mol. The van der Waals surface area contributed by atoms with Crippen LogP contribution >= 0.6 is 11.3 Å². The number of carbonyl (C=O) groups excluding carboxylic acids is 1. The molecule has 0 bridgehead atoms. The number of aryl methyl sites for hydroxylation is 1. The topological polar surface area (TPSA) is 65.2 Å². The van der Waals surface area contributed by atoms with Gasteiger partial charge in [0.2, 0.25) is 0 Å². The third kappa shape index (κ3) is 2.78. The molecule has 2 N–H and O–H groups in total. The van der Waals surface area contributed by atoms with Crippen LogP contribution in [0.4, 0.5) is 0 Å². The number of methoxy groups -OCH3 is 1. The molecule has 0 aromatic carbocycles. The molecule has 0 amide bonds. The second-order valence-electron chi connectivity index (χ2n) is 2.68. The lowest BCUT2D eigenvalue weighted by Gasteiger charge is -2.06. The summed E-state index contributed by atoms with van der Waals surface area (Å²) in [6, 6.07) is -0.579. The molecule has 0 fully saturated rings. The molecular weight excluding hydrogens is 188 g/mol. The van der Waals surface area contributed by atoms with Crippen LogP contribution in [0.1, 0.15) is 9.88 Å². The third-order valence-electron chi connectivity index (χ3n) is 1.59. The van der Waals surface area contributed by atoms with Gasteiger partial charge in [0.15, 0.2) is 0 Å². The predicted octanol–water partition coefficient (Wildman–Crippen LogP) is 0.494. The SMILES string of the molecule is COC(=O)C(N)Cc1cnc(C)s1. The van der Waals surface area contributed by atoms with E-state index in [9.17, 15) is 4.79 Å². The van der Waals surface area contributed by atoms with Gasteiger partial charge in [0, 0.05) is 17.5 Å². The minimum Gasteiger partial charge on any atom is -0.468 e. The summed E-state index contributed by atoms with van der Waals surface area (Å²) >= 11 is 1.55. The molecule has 13 heavy (non-hydrogen) atoms. The molecule has 1 aromatic rings. The fourth-order valence-electron chi connectivity index (χ4n) is 0.951. The van der Waals surface area contributed by atoms with Crippen molar-refractivity contribution in [1.29, 1.82) is 0 Å². The minimum absolute atomic E-state index is 0.383. The van der Waals surface area contributed by atoms with Crippen molar-refractivity contribution < 1.29 is 9.53 Å². The van der Waals surface area contributed by atoms with Gasteiger partial charge >= 0.3 is 5.97 Å². The van der Waals surface area contributed by atoms with Crippen molar-refractivity contribution in [2.75, 3.05) is 7.11 Å². The fourth-order valence-corrected chi connectivity index (χ4v) is 1.80. The molecule has 1 unspecified atom stereocenters. The molecule has 0 aliphatic rings.